The molecule has 3 rings (SSSR count). The molecule has 1 aliphatic heterocycles. The lowest BCUT2D eigenvalue weighted by Gasteiger charge is -2.30. The summed E-state index contributed by atoms with van der Waals surface area (Å²) in [5.74, 6) is -1.02. The highest BCUT2D eigenvalue weighted by molar-refractivity contribution is 5.69. The summed E-state index contributed by atoms with van der Waals surface area (Å²) in [6, 6.07) is 9.07. The van der Waals surface area contributed by atoms with Crippen molar-refractivity contribution in [1.82, 2.24) is 0 Å². The van der Waals surface area contributed by atoms with E-state index in [0.29, 0.717) is 30.8 Å². The molecule has 2 aromatic rings. The highest BCUT2D eigenvalue weighted by atomic mass is 19.4. The third kappa shape index (κ3) is 5.67. The van der Waals surface area contributed by atoms with Crippen LogP contribution in [-0.4, -0.2) is 19.3 Å². The molecule has 2 atom stereocenters. The summed E-state index contributed by atoms with van der Waals surface area (Å²) in [6.45, 7) is 4.46. The van der Waals surface area contributed by atoms with Crippen LogP contribution >= 0.6 is 0 Å². The second-order valence-electron chi connectivity index (χ2n) is 7.72. The first-order chi connectivity index (χ1) is 14.8. The number of ether oxygens (including phenoxy) is 2. The van der Waals surface area contributed by atoms with Crippen LogP contribution in [0.25, 0.3) is 11.1 Å². The zero-order valence-electron chi connectivity index (χ0n) is 17.8. The fraction of sp³-hybridized carbons (Fsp3) is 0.440. The smallest absolute Gasteiger partial charge is 0.419 e. The Labute approximate surface area is 180 Å². The second kappa shape index (κ2) is 10.3. The van der Waals surface area contributed by atoms with E-state index in [9.17, 15) is 13.2 Å². The van der Waals surface area contributed by atoms with Crippen molar-refractivity contribution in [3.05, 3.63) is 65.5 Å². The Morgan fingerprint density at radius 1 is 1.10 bits per heavy atom. The molecule has 0 spiro atoms. The summed E-state index contributed by atoms with van der Waals surface area (Å²) in [5.41, 5.74) is -1.01. The Hall–Kier alpha value is -2.34. The van der Waals surface area contributed by atoms with Gasteiger partial charge in [0, 0.05) is 5.92 Å². The van der Waals surface area contributed by atoms with E-state index in [1.165, 1.54) is 24.3 Å². The minimum atomic E-state index is -4.81. The minimum Gasteiger partial charge on any atom is -0.494 e. The van der Waals surface area contributed by atoms with Crippen molar-refractivity contribution in [2.45, 2.75) is 57.7 Å². The molecule has 6 heteroatoms. The standard InChI is InChI=1S/C25H28F4O2/c1-3-5-6-7-19-13-10-18(16-31-19)22-15-14-21(23(24(22)26)25(27,28)29)17-8-11-20(12-9-17)30-4-2/h3,5,8-9,11-12,14-15,18-19H,4,6-7,10,13,16H2,1-2H3/b5-3+. The Morgan fingerprint density at radius 2 is 1.84 bits per heavy atom. The largest absolute Gasteiger partial charge is 0.494 e. The predicted octanol–water partition coefficient (Wildman–Crippen LogP) is 7.53. The molecule has 0 aliphatic carbocycles. The van der Waals surface area contributed by atoms with Crippen molar-refractivity contribution in [3.63, 3.8) is 0 Å². The Morgan fingerprint density at radius 3 is 2.42 bits per heavy atom. The van der Waals surface area contributed by atoms with Crippen molar-refractivity contribution < 1.29 is 27.0 Å². The minimum absolute atomic E-state index is 0.0701. The fourth-order valence-electron chi connectivity index (χ4n) is 4.05. The van der Waals surface area contributed by atoms with Crippen LogP contribution in [0.2, 0.25) is 0 Å². The topological polar surface area (TPSA) is 18.5 Å². The van der Waals surface area contributed by atoms with Gasteiger partial charge in [-0.15, -0.1) is 0 Å². The number of rotatable bonds is 7. The monoisotopic (exact) mass is 436 g/mol. The molecule has 31 heavy (non-hydrogen) atoms. The fourth-order valence-corrected chi connectivity index (χ4v) is 4.05. The van der Waals surface area contributed by atoms with Crippen LogP contribution < -0.4 is 4.74 Å². The molecule has 2 nitrogen and oxygen atoms in total. The van der Waals surface area contributed by atoms with Crippen LogP contribution in [0.3, 0.4) is 0 Å². The van der Waals surface area contributed by atoms with Gasteiger partial charge in [0.2, 0.25) is 0 Å². The van der Waals surface area contributed by atoms with E-state index in [0.717, 1.165) is 12.8 Å². The number of halogens is 4. The normalized spacial score (nSPS) is 19.7. The first kappa shape index (κ1) is 23.3. The average Bonchev–Trinajstić information content (AvgIpc) is 2.74. The molecule has 0 amide bonds. The SMILES string of the molecule is C/C=C/CCC1CCC(c2ccc(-c3ccc(OCC)cc3)c(C(F)(F)F)c2F)CO1. The van der Waals surface area contributed by atoms with E-state index < -0.39 is 17.6 Å². The van der Waals surface area contributed by atoms with Gasteiger partial charge in [0.05, 0.1) is 24.9 Å². The summed E-state index contributed by atoms with van der Waals surface area (Å²) in [5, 5.41) is 0. The first-order valence-corrected chi connectivity index (χ1v) is 10.7. The van der Waals surface area contributed by atoms with Gasteiger partial charge in [-0.2, -0.15) is 13.2 Å². The lowest BCUT2D eigenvalue weighted by molar-refractivity contribution is -0.139. The molecule has 1 aliphatic rings. The molecule has 0 N–H and O–H groups in total. The van der Waals surface area contributed by atoms with Crippen LogP contribution in [0, 0.1) is 5.82 Å². The third-order valence-electron chi connectivity index (χ3n) is 5.63. The Balaban J connectivity index is 1.86. The molecule has 0 radical (unpaired) electrons. The maximum atomic E-state index is 15.2. The van der Waals surface area contributed by atoms with E-state index in [-0.39, 0.29) is 29.8 Å². The van der Waals surface area contributed by atoms with Gasteiger partial charge in [0.1, 0.15) is 11.6 Å². The van der Waals surface area contributed by atoms with Crippen LogP contribution in [0.15, 0.2) is 48.6 Å². The summed E-state index contributed by atoms with van der Waals surface area (Å²) >= 11 is 0. The lowest BCUT2D eigenvalue weighted by Crippen LogP contribution is -2.26. The molecule has 1 heterocycles. The molecule has 1 fully saturated rings. The molecular weight excluding hydrogens is 408 g/mol. The number of benzene rings is 2. The van der Waals surface area contributed by atoms with Crippen LogP contribution in [0.4, 0.5) is 17.6 Å². The van der Waals surface area contributed by atoms with Crippen molar-refractivity contribution in [2.24, 2.45) is 0 Å². The molecule has 168 valence electrons. The molecular formula is C25H28F4O2. The molecule has 0 bridgehead atoms. The average molecular weight is 436 g/mol. The highest BCUT2D eigenvalue weighted by Crippen LogP contribution is 2.43. The zero-order chi connectivity index (χ0) is 22.4. The number of allylic oxidation sites excluding steroid dienone is 2. The summed E-state index contributed by atoms with van der Waals surface area (Å²) in [4.78, 5) is 0. The maximum Gasteiger partial charge on any atom is 0.419 e. The Kier molecular flexibility index (Phi) is 7.76. The summed E-state index contributed by atoms with van der Waals surface area (Å²) in [6.07, 6.45) is 2.38. The van der Waals surface area contributed by atoms with Crippen molar-refractivity contribution in [3.8, 4) is 16.9 Å². The first-order valence-electron chi connectivity index (χ1n) is 10.7. The van der Waals surface area contributed by atoms with Gasteiger partial charge in [0.25, 0.3) is 0 Å². The predicted molar refractivity (Wildman–Crippen MR) is 114 cm³/mol. The van der Waals surface area contributed by atoms with Gasteiger partial charge >= 0.3 is 6.18 Å². The van der Waals surface area contributed by atoms with Gasteiger partial charge in [-0.3, -0.25) is 0 Å². The highest BCUT2D eigenvalue weighted by Gasteiger charge is 2.39. The van der Waals surface area contributed by atoms with Crippen molar-refractivity contribution >= 4 is 0 Å². The zero-order valence-corrected chi connectivity index (χ0v) is 17.8. The van der Waals surface area contributed by atoms with Crippen LogP contribution in [0.5, 0.6) is 5.75 Å². The second-order valence-corrected chi connectivity index (χ2v) is 7.72. The summed E-state index contributed by atoms with van der Waals surface area (Å²) in [7, 11) is 0. The molecule has 2 aromatic carbocycles. The van der Waals surface area contributed by atoms with E-state index >= 15 is 4.39 Å². The Bertz CT molecular complexity index is 880. The van der Waals surface area contributed by atoms with Gasteiger partial charge in [-0.25, -0.2) is 4.39 Å². The van der Waals surface area contributed by atoms with E-state index in [4.69, 9.17) is 9.47 Å². The number of hydrogen-bond acceptors (Lipinski definition) is 2. The third-order valence-corrected chi connectivity index (χ3v) is 5.63. The lowest BCUT2D eigenvalue weighted by atomic mass is 9.86. The van der Waals surface area contributed by atoms with Gasteiger partial charge < -0.3 is 9.47 Å². The van der Waals surface area contributed by atoms with E-state index in [2.05, 4.69) is 6.08 Å². The van der Waals surface area contributed by atoms with Crippen LogP contribution in [0.1, 0.15) is 56.6 Å². The number of alkyl halides is 3. The van der Waals surface area contributed by atoms with E-state index in [1.54, 1.807) is 12.1 Å². The van der Waals surface area contributed by atoms with Gasteiger partial charge in [-0.05, 0) is 68.4 Å². The van der Waals surface area contributed by atoms with Gasteiger partial charge in [-0.1, -0.05) is 36.4 Å². The number of hydrogen-bond donors (Lipinski definition) is 0. The van der Waals surface area contributed by atoms with E-state index in [1.807, 2.05) is 19.9 Å². The molecule has 2 unspecified atom stereocenters. The van der Waals surface area contributed by atoms with Crippen molar-refractivity contribution in [2.75, 3.05) is 13.2 Å². The molecule has 0 aromatic heterocycles. The maximum absolute atomic E-state index is 15.2. The van der Waals surface area contributed by atoms with Gasteiger partial charge in [0.15, 0.2) is 0 Å². The quantitative estimate of drug-likeness (QED) is 0.330. The molecule has 0 saturated carbocycles. The van der Waals surface area contributed by atoms with Crippen LogP contribution in [-0.2, 0) is 10.9 Å². The summed E-state index contributed by atoms with van der Waals surface area (Å²) < 4.78 is 68.0. The molecule has 1 saturated heterocycles. The van der Waals surface area contributed by atoms with Crippen molar-refractivity contribution in [1.29, 1.82) is 0 Å².